The molecule has 0 aliphatic rings. The smallest absolute Gasteiger partial charge is 0.264 e. The fourth-order valence-electron chi connectivity index (χ4n) is 3.37. The molecule has 8 nitrogen and oxygen atoms in total. The first kappa shape index (κ1) is 25.8. The molecule has 2 amide bonds. The summed E-state index contributed by atoms with van der Waals surface area (Å²) in [4.78, 5) is 25.6. The van der Waals surface area contributed by atoms with Crippen LogP contribution in [0, 0.1) is 0 Å². The Morgan fingerprint density at radius 1 is 0.914 bits per heavy atom. The molecule has 0 saturated carbocycles. The second-order valence-corrected chi connectivity index (χ2v) is 9.59. The Kier molecular flexibility index (Phi) is 8.86. The van der Waals surface area contributed by atoms with Gasteiger partial charge in [-0.15, -0.1) is 0 Å². The van der Waals surface area contributed by atoms with Gasteiger partial charge in [0.05, 0.1) is 28.9 Å². The maximum atomic E-state index is 13.5. The molecule has 0 unspecified atom stereocenters. The molecule has 9 heteroatoms. The molecule has 2 N–H and O–H groups in total. The van der Waals surface area contributed by atoms with Gasteiger partial charge in [0, 0.05) is 6.54 Å². The van der Waals surface area contributed by atoms with Crippen molar-refractivity contribution in [3.8, 4) is 5.75 Å². The number of carbonyl (C=O) groups excluding carboxylic acids is 2. The average Bonchev–Trinajstić information content (AvgIpc) is 2.88. The summed E-state index contributed by atoms with van der Waals surface area (Å²) in [6, 6.07) is 20.9. The number of hydrogen-bond donors (Lipinski definition) is 2. The number of benzene rings is 3. The molecule has 0 spiro atoms. The summed E-state index contributed by atoms with van der Waals surface area (Å²) < 4.78 is 33.1. The lowest BCUT2D eigenvalue weighted by Gasteiger charge is -2.24. The first-order valence-electron chi connectivity index (χ1n) is 11.3. The highest BCUT2D eigenvalue weighted by Gasteiger charge is 2.27. The van der Waals surface area contributed by atoms with E-state index in [4.69, 9.17) is 4.74 Å². The topological polar surface area (TPSA) is 105 Å². The molecule has 0 aromatic heterocycles. The van der Waals surface area contributed by atoms with Gasteiger partial charge in [0.2, 0.25) is 5.91 Å². The molecule has 0 aliphatic carbocycles. The third-order valence-corrected chi connectivity index (χ3v) is 7.03. The van der Waals surface area contributed by atoms with Gasteiger partial charge in [-0.3, -0.25) is 13.9 Å². The zero-order valence-corrected chi connectivity index (χ0v) is 20.5. The van der Waals surface area contributed by atoms with Crippen LogP contribution in [0.15, 0.2) is 83.8 Å². The van der Waals surface area contributed by atoms with Gasteiger partial charge in [-0.05, 0) is 55.0 Å². The molecule has 0 atom stereocenters. The number of unbranched alkanes of at least 4 members (excludes halogenated alkanes) is 1. The first-order chi connectivity index (χ1) is 16.9. The van der Waals surface area contributed by atoms with Crippen molar-refractivity contribution in [2.24, 2.45) is 0 Å². The Morgan fingerprint density at radius 2 is 1.57 bits per heavy atom. The third kappa shape index (κ3) is 6.60. The summed E-state index contributed by atoms with van der Waals surface area (Å²) in [5.41, 5.74) is 0.951. The molecule has 0 fully saturated rings. The molecular formula is C26H29N3O5S. The van der Waals surface area contributed by atoms with Crippen molar-refractivity contribution in [3.05, 3.63) is 84.4 Å². The fourth-order valence-corrected chi connectivity index (χ4v) is 4.79. The lowest BCUT2D eigenvalue weighted by molar-refractivity contribution is -0.114. The summed E-state index contributed by atoms with van der Waals surface area (Å²) in [7, 11) is -2.58. The number of sulfonamides is 1. The van der Waals surface area contributed by atoms with E-state index in [2.05, 4.69) is 10.6 Å². The summed E-state index contributed by atoms with van der Waals surface area (Å²) in [5.74, 6) is -0.373. The van der Waals surface area contributed by atoms with Crippen molar-refractivity contribution in [3.63, 3.8) is 0 Å². The lowest BCUT2D eigenvalue weighted by Crippen LogP contribution is -2.38. The van der Waals surface area contributed by atoms with Crippen LogP contribution in [0.5, 0.6) is 5.75 Å². The number of hydrogen-bond acceptors (Lipinski definition) is 5. The van der Waals surface area contributed by atoms with Crippen LogP contribution in [-0.4, -0.2) is 40.4 Å². The van der Waals surface area contributed by atoms with Crippen molar-refractivity contribution in [2.45, 2.75) is 24.7 Å². The highest BCUT2D eigenvalue weighted by molar-refractivity contribution is 7.92. The molecule has 0 bridgehead atoms. The molecular weight excluding hydrogens is 466 g/mol. The van der Waals surface area contributed by atoms with Crippen LogP contribution in [0.2, 0.25) is 0 Å². The Morgan fingerprint density at radius 3 is 2.23 bits per heavy atom. The van der Waals surface area contributed by atoms with E-state index in [1.54, 1.807) is 66.7 Å². The van der Waals surface area contributed by atoms with Crippen molar-refractivity contribution in [1.29, 1.82) is 0 Å². The van der Waals surface area contributed by atoms with E-state index >= 15 is 0 Å². The average molecular weight is 496 g/mol. The lowest BCUT2D eigenvalue weighted by atomic mass is 10.1. The van der Waals surface area contributed by atoms with Gasteiger partial charge in [0.25, 0.3) is 15.9 Å². The van der Waals surface area contributed by atoms with Gasteiger partial charge in [-0.25, -0.2) is 8.42 Å². The Hall–Kier alpha value is -3.85. The number of para-hydroxylation sites is 2. The standard InChI is InChI=1S/C26H29N3O5S/c1-3-4-18-27-26(31)23-12-8-9-13-24(23)28-25(30)19-29(20-10-6-5-7-11-20)35(32,33)22-16-14-21(34-2)15-17-22/h5-17H,3-4,18-19H2,1-2H3,(H,27,31)(H,28,30). The zero-order chi connectivity index (χ0) is 25.3. The minimum absolute atomic E-state index is 0.0191. The molecule has 184 valence electrons. The van der Waals surface area contributed by atoms with Crippen LogP contribution >= 0.6 is 0 Å². The summed E-state index contributed by atoms with van der Waals surface area (Å²) in [6.45, 7) is 2.07. The number of rotatable bonds is 11. The van der Waals surface area contributed by atoms with Gasteiger partial charge >= 0.3 is 0 Å². The highest BCUT2D eigenvalue weighted by atomic mass is 32.2. The predicted molar refractivity (Wildman–Crippen MR) is 136 cm³/mol. The molecule has 0 aliphatic heterocycles. The largest absolute Gasteiger partial charge is 0.497 e. The maximum Gasteiger partial charge on any atom is 0.264 e. The second-order valence-electron chi connectivity index (χ2n) is 7.73. The number of nitrogens with zero attached hydrogens (tertiary/aromatic N) is 1. The van der Waals surface area contributed by atoms with Gasteiger partial charge < -0.3 is 15.4 Å². The minimum Gasteiger partial charge on any atom is -0.497 e. The van der Waals surface area contributed by atoms with Crippen LogP contribution in [0.25, 0.3) is 0 Å². The van der Waals surface area contributed by atoms with Gasteiger partial charge in [0.15, 0.2) is 0 Å². The Bertz CT molecular complexity index is 1250. The van der Waals surface area contributed by atoms with Crippen LogP contribution in [0.4, 0.5) is 11.4 Å². The molecule has 3 aromatic rings. The number of methoxy groups -OCH3 is 1. The number of amides is 2. The van der Waals surface area contributed by atoms with E-state index in [0.29, 0.717) is 29.2 Å². The van der Waals surface area contributed by atoms with E-state index in [0.717, 1.165) is 17.1 Å². The maximum absolute atomic E-state index is 13.5. The fraction of sp³-hybridized carbons (Fsp3) is 0.231. The molecule has 0 saturated heterocycles. The van der Waals surface area contributed by atoms with E-state index in [-0.39, 0.29) is 10.8 Å². The van der Waals surface area contributed by atoms with Gasteiger partial charge in [-0.2, -0.15) is 0 Å². The summed E-state index contributed by atoms with van der Waals surface area (Å²) in [6.07, 6.45) is 1.78. The number of nitrogens with one attached hydrogen (secondary N) is 2. The molecule has 35 heavy (non-hydrogen) atoms. The quantitative estimate of drug-likeness (QED) is 0.391. The highest BCUT2D eigenvalue weighted by Crippen LogP contribution is 2.25. The van der Waals surface area contributed by atoms with Crippen molar-refractivity contribution >= 4 is 33.2 Å². The Balaban J connectivity index is 1.86. The monoisotopic (exact) mass is 495 g/mol. The van der Waals surface area contributed by atoms with E-state index in [1.165, 1.54) is 19.2 Å². The molecule has 0 heterocycles. The minimum atomic E-state index is -4.07. The molecule has 3 rings (SSSR count). The zero-order valence-electron chi connectivity index (χ0n) is 19.7. The predicted octanol–water partition coefficient (Wildman–Crippen LogP) is 4.06. The van der Waals surface area contributed by atoms with Crippen molar-refractivity contribution in [1.82, 2.24) is 5.32 Å². The first-order valence-corrected chi connectivity index (χ1v) is 12.7. The normalized spacial score (nSPS) is 10.9. The van der Waals surface area contributed by atoms with E-state index < -0.39 is 22.5 Å². The van der Waals surface area contributed by atoms with Gasteiger partial charge in [-0.1, -0.05) is 43.7 Å². The van der Waals surface area contributed by atoms with Crippen molar-refractivity contribution < 1.29 is 22.7 Å². The van der Waals surface area contributed by atoms with Crippen LogP contribution in [0.1, 0.15) is 30.1 Å². The third-order valence-electron chi connectivity index (χ3n) is 5.24. The van der Waals surface area contributed by atoms with Crippen LogP contribution in [0.3, 0.4) is 0 Å². The summed E-state index contributed by atoms with van der Waals surface area (Å²) >= 11 is 0. The number of carbonyl (C=O) groups is 2. The Labute approximate surface area is 206 Å². The van der Waals surface area contributed by atoms with Crippen molar-refractivity contribution in [2.75, 3.05) is 29.8 Å². The summed E-state index contributed by atoms with van der Waals surface area (Å²) in [5, 5.41) is 5.53. The number of anilines is 2. The molecule has 0 radical (unpaired) electrons. The number of ether oxygens (including phenoxy) is 1. The van der Waals surface area contributed by atoms with Gasteiger partial charge in [0.1, 0.15) is 12.3 Å². The van der Waals surface area contributed by atoms with Crippen LogP contribution < -0.4 is 19.7 Å². The SMILES string of the molecule is CCCCNC(=O)c1ccccc1NC(=O)CN(c1ccccc1)S(=O)(=O)c1ccc(OC)cc1. The van der Waals surface area contributed by atoms with Crippen LogP contribution in [-0.2, 0) is 14.8 Å². The second kappa shape index (κ2) is 12.0. The van der Waals surface area contributed by atoms with E-state index in [1.807, 2.05) is 6.92 Å². The van der Waals surface area contributed by atoms with E-state index in [9.17, 15) is 18.0 Å². The molecule has 3 aromatic carbocycles.